The molecule has 0 atom stereocenters. The normalized spacial score (nSPS) is 11.2. The number of rotatable bonds is 2. The minimum absolute atomic E-state index is 0.834. The van der Waals surface area contributed by atoms with E-state index in [1.165, 1.54) is 5.56 Å². The van der Waals surface area contributed by atoms with Crippen molar-refractivity contribution in [2.75, 3.05) is 0 Å². The van der Waals surface area contributed by atoms with Crippen LogP contribution in [0.25, 0.3) is 0 Å². The molecule has 60 valence electrons. The summed E-state index contributed by atoms with van der Waals surface area (Å²) < 4.78 is 0.834. The second-order valence-electron chi connectivity index (χ2n) is 1.67. The van der Waals surface area contributed by atoms with E-state index < -0.39 is 16.3 Å². The number of hydrogen-bond acceptors (Lipinski definition) is 1. The van der Waals surface area contributed by atoms with Gasteiger partial charge in [0.05, 0.1) is 0 Å². The number of aromatic nitrogens is 1. The Balaban J connectivity index is 2.59. The van der Waals surface area contributed by atoms with Crippen molar-refractivity contribution in [1.82, 2.24) is 4.98 Å². The Morgan fingerprint density at radius 3 is 2.40 bits per heavy atom. The third kappa shape index (κ3) is 3.04. The molecule has 0 radical (unpaired) electrons. The molecule has 1 aromatic heterocycles. The fourth-order valence-electron chi connectivity index (χ4n) is 0.547. The molecule has 10 heavy (non-hydrogen) atoms. The molecule has 0 spiro atoms. The summed E-state index contributed by atoms with van der Waals surface area (Å²) in [5.41, 5.74) is 1.18. The molecule has 4 heteroatoms. The topological polar surface area (TPSA) is 12.9 Å². The number of halogens is 2. The van der Waals surface area contributed by atoms with Crippen LogP contribution in [0.4, 0.5) is 0 Å². The summed E-state index contributed by atoms with van der Waals surface area (Å²) in [7, 11) is 11.4. The van der Waals surface area contributed by atoms with E-state index in [0.717, 1.165) is 4.64 Å². The first-order valence-corrected chi connectivity index (χ1v) is 9.46. The molecule has 0 aromatic carbocycles. The molecular formula is C6H6AuCl2N. The van der Waals surface area contributed by atoms with Crippen molar-refractivity contribution >= 4 is 18.4 Å². The molecule has 0 N–H and O–H groups in total. The molecule has 0 aliphatic rings. The predicted octanol–water partition coefficient (Wildman–Crippen LogP) is 2.51. The number of pyridine rings is 1. The van der Waals surface area contributed by atoms with Crippen LogP contribution in [0.1, 0.15) is 5.56 Å². The maximum absolute atomic E-state index is 5.71. The first kappa shape index (κ1) is 8.57. The molecule has 0 amide bonds. The zero-order chi connectivity index (χ0) is 7.40. The Bertz CT molecular complexity index is 190. The van der Waals surface area contributed by atoms with Crippen molar-refractivity contribution in [3.8, 4) is 0 Å². The summed E-state index contributed by atoms with van der Waals surface area (Å²) >= 11 is -1.56. The van der Waals surface area contributed by atoms with Crippen LogP contribution in [0.5, 0.6) is 0 Å². The van der Waals surface area contributed by atoms with Gasteiger partial charge in [0.15, 0.2) is 0 Å². The van der Waals surface area contributed by atoms with Crippen molar-refractivity contribution < 1.29 is 16.3 Å². The SMILES string of the molecule is [Cl][Au]([Cl])[CH2]c1ccncc1. The van der Waals surface area contributed by atoms with E-state index >= 15 is 0 Å². The van der Waals surface area contributed by atoms with Gasteiger partial charge in [0.1, 0.15) is 0 Å². The van der Waals surface area contributed by atoms with Crippen molar-refractivity contribution in [3.05, 3.63) is 30.1 Å². The van der Waals surface area contributed by atoms with Gasteiger partial charge in [-0.25, -0.2) is 0 Å². The van der Waals surface area contributed by atoms with Crippen LogP contribution in [0, 0.1) is 0 Å². The molecule has 0 saturated carbocycles. The second-order valence-corrected chi connectivity index (χ2v) is 9.36. The van der Waals surface area contributed by atoms with Crippen molar-refractivity contribution in [2.45, 2.75) is 4.64 Å². The molecule has 0 aliphatic carbocycles. The van der Waals surface area contributed by atoms with Gasteiger partial charge in [0, 0.05) is 0 Å². The third-order valence-corrected chi connectivity index (χ3v) is 3.74. The summed E-state index contributed by atoms with van der Waals surface area (Å²) in [5.74, 6) is 0. The fraction of sp³-hybridized carbons (Fsp3) is 0.167. The first-order chi connectivity index (χ1) is 4.79. The van der Waals surface area contributed by atoms with Gasteiger partial charge in [-0.15, -0.1) is 0 Å². The molecule has 1 nitrogen and oxygen atoms in total. The number of nitrogens with zero attached hydrogens (tertiary/aromatic N) is 1. The molecule has 0 saturated heterocycles. The van der Waals surface area contributed by atoms with Crippen LogP contribution in [-0.4, -0.2) is 4.98 Å². The van der Waals surface area contributed by atoms with Gasteiger partial charge in [-0.3, -0.25) is 0 Å². The number of hydrogen-bond donors (Lipinski definition) is 0. The quantitative estimate of drug-likeness (QED) is 0.739. The van der Waals surface area contributed by atoms with E-state index in [-0.39, 0.29) is 0 Å². The summed E-state index contributed by atoms with van der Waals surface area (Å²) in [6, 6.07) is 3.88. The summed E-state index contributed by atoms with van der Waals surface area (Å²) in [6.07, 6.45) is 3.50. The Morgan fingerprint density at radius 2 is 1.90 bits per heavy atom. The van der Waals surface area contributed by atoms with Crippen molar-refractivity contribution in [1.29, 1.82) is 0 Å². The van der Waals surface area contributed by atoms with E-state index in [4.69, 9.17) is 18.4 Å². The van der Waals surface area contributed by atoms with Gasteiger partial charge < -0.3 is 0 Å². The van der Waals surface area contributed by atoms with Gasteiger partial charge in [0.2, 0.25) is 0 Å². The average Bonchev–Trinajstić information content (AvgIpc) is 1.88. The zero-order valence-electron chi connectivity index (χ0n) is 5.02. The van der Waals surface area contributed by atoms with E-state index in [2.05, 4.69) is 4.98 Å². The summed E-state index contributed by atoms with van der Waals surface area (Å²) in [5, 5.41) is 0. The van der Waals surface area contributed by atoms with Crippen LogP contribution >= 0.6 is 18.4 Å². The first-order valence-electron chi connectivity index (χ1n) is 2.56. The molecular weight excluding hydrogens is 354 g/mol. The van der Waals surface area contributed by atoms with E-state index in [1.807, 2.05) is 12.1 Å². The van der Waals surface area contributed by atoms with Crippen LogP contribution in [0.3, 0.4) is 0 Å². The van der Waals surface area contributed by atoms with Crippen molar-refractivity contribution in [3.63, 3.8) is 0 Å². The second kappa shape index (κ2) is 4.37. The minimum atomic E-state index is -1.56. The molecule has 1 heterocycles. The maximum atomic E-state index is 5.71. The Labute approximate surface area is 74.1 Å². The fourth-order valence-corrected chi connectivity index (χ4v) is 3.25. The molecule has 1 aromatic rings. The molecule has 0 aliphatic heterocycles. The zero-order valence-corrected chi connectivity index (χ0v) is 8.70. The van der Waals surface area contributed by atoms with Crippen LogP contribution in [0.15, 0.2) is 24.5 Å². The molecule has 0 bridgehead atoms. The summed E-state index contributed by atoms with van der Waals surface area (Å²) in [4.78, 5) is 3.88. The van der Waals surface area contributed by atoms with Crippen LogP contribution < -0.4 is 0 Å². The Kier molecular flexibility index (Phi) is 3.74. The predicted molar refractivity (Wildman–Crippen MR) is 39.6 cm³/mol. The monoisotopic (exact) mass is 359 g/mol. The molecule has 1 rings (SSSR count). The molecule has 0 unspecified atom stereocenters. The van der Waals surface area contributed by atoms with E-state index in [9.17, 15) is 0 Å². The Hall–Kier alpha value is 0.470. The van der Waals surface area contributed by atoms with Gasteiger partial charge in [-0.05, 0) is 0 Å². The van der Waals surface area contributed by atoms with Gasteiger partial charge in [-0.2, -0.15) is 0 Å². The van der Waals surface area contributed by atoms with Crippen molar-refractivity contribution in [2.24, 2.45) is 0 Å². The van der Waals surface area contributed by atoms with Crippen LogP contribution in [-0.2, 0) is 20.9 Å². The standard InChI is InChI=1S/C6H6N.Au.2ClH/c1-6-2-4-7-5-3-6;;;/h2-5H,1H2;;2*1H/q;+2;;/p-2. The molecule has 0 fully saturated rings. The Morgan fingerprint density at radius 1 is 1.30 bits per heavy atom. The van der Waals surface area contributed by atoms with E-state index in [1.54, 1.807) is 12.4 Å². The third-order valence-electron chi connectivity index (χ3n) is 0.953. The summed E-state index contributed by atoms with van der Waals surface area (Å²) in [6.45, 7) is 0. The van der Waals surface area contributed by atoms with Crippen LogP contribution in [0.2, 0.25) is 0 Å². The average molecular weight is 360 g/mol. The van der Waals surface area contributed by atoms with Gasteiger partial charge in [-0.1, -0.05) is 0 Å². The van der Waals surface area contributed by atoms with Gasteiger partial charge >= 0.3 is 74.4 Å². The van der Waals surface area contributed by atoms with Gasteiger partial charge in [0.25, 0.3) is 0 Å². The van der Waals surface area contributed by atoms with E-state index in [0.29, 0.717) is 0 Å².